The Hall–Kier alpha value is -1.37. The number of hydrogen-bond acceptors (Lipinski definition) is 1. The summed E-state index contributed by atoms with van der Waals surface area (Å²) in [6.45, 7) is 3.82. The molecule has 1 aromatic carbocycles. The second-order valence-corrected chi connectivity index (χ2v) is 5.20. The second-order valence-electron chi connectivity index (χ2n) is 5.20. The van der Waals surface area contributed by atoms with Gasteiger partial charge in [-0.3, -0.25) is 4.79 Å². The van der Waals surface area contributed by atoms with E-state index in [-0.39, 0.29) is 5.78 Å². The molecular weight excluding hydrogens is 232 g/mol. The molecule has 0 saturated carbocycles. The minimum Gasteiger partial charge on any atom is -0.295 e. The smallest absolute Gasteiger partial charge is 0.152 e. The largest absolute Gasteiger partial charge is 0.295 e. The van der Waals surface area contributed by atoms with Crippen molar-refractivity contribution in [2.24, 2.45) is 0 Å². The van der Waals surface area contributed by atoms with Crippen LogP contribution >= 0.6 is 0 Å². The molecule has 1 heteroatoms. The number of ketones is 1. The fraction of sp³-hybridized carbons (Fsp3) is 0.500. The minimum absolute atomic E-state index is 0.0937. The molecule has 0 spiro atoms. The van der Waals surface area contributed by atoms with Crippen LogP contribution in [0, 0.1) is 0 Å². The summed E-state index contributed by atoms with van der Waals surface area (Å²) in [6, 6.07) is 8.52. The molecule has 0 amide bonds. The van der Waals surface area contributed by atoms with Crippen LogP contribution in [-0.2, 0) is 11.2 Å². The average Bonchev–Trinajstić information content (AvgIpc) is 2.41. The van der Waals surface area contributed by atoms with E-state index in [2.05, 4.69) is 31.2 Å². The van der Waals surface area contributed by atoms with E-state index in [4.69, 9.17) is 0 Å². The van der Waals surface area contributed by atoms with Gasteiger partial charge in [-0.15, -0.1) is 0 Å². The summed E-state index contributed by atoms with van der Waals surface area (Å²) in [7, 11) is 0. The van der Waals surface area contributed by atoms with Crippen molar-refractivity contribution >= 4 is 11.9 Å². The van der Waals surface area contributed by atoms with Crippen LogP contribution in [0.4, 0.5) is 0 Å². The first-order chi connectivity index (χ1) is 9.22. The van der Waals surface area contributed by atoms with Gasteiger partial charge in [0.1, 0.15) is 0 Å². The van der Waals surface area contributed by atoms with E-state index in [9.17, 15) is 4.79 Å². The number of carbonyl (C=O) groups excluding carboxylic acids is 1. The third kappa shape index (κ3) is 7.61. The lowest BCUT2D eigenvalue weighted by Gasteiger charge is -2.02. The predicted octanol–water partition coefficient (Wildman–Crippen LogP) is 5.19. The highest BCUT2D eigenvalue weighted by atomic mass is 16.1. The zero-order valence-corrected chi connectivity index (χ0v) is 12.3. The molecule has 0 aliphatic carbocycles. The Morgan fingerprint density at radius 1 is 1.00 bits per heavy atom. The molecule has 1 nitrogen and oxygen atoms in total. The van der Waals surface area contributed by atoms with Crippen LogP contribution in [0.3, 0.4) is 0 Å². The van der Waals surface area contributed by atoms with Gasteiger partial charge in [-0.05, 0) is 37.0 Å². The first-order valence-electron chi connectivity index (χ1n) is 7.50. The normalized spacial score (nSPS) is 11.1. The molecular formula is C18H26O. The van der Waals surface area contributed by atoms with Gasteiger partial charge >= 0.3 is 0 Å². The topological polar surface area (TPSA) is 17.1 Å². The summed E-state index contributed by atoms with van der Waals surface area (Å²) in [5, 5.41) is 0. The van der Waals surface area contributed by atoms with Crippen molar-refractivity contribution < 1.29 is 4.79 Å². The molecule has 1 rings (SSSR count). The number of allylic oxidation sites excluding steroid dienone is 1. The van der Waals surface area contributed by atoms with Crippen LogP contribution in [-0.4, -0.2) is 5.78 Å². The average molecular weight is 258 g/mol. The lowest BCUT2D eigenvalue weighted by atomic mass is 10.0. The Kier molecular flexibility index (Phi) is 7.88. The molecule has 0 fully saturated rings. The van der Waals surface area contributed by atoms with E-state index in [1.165, 1.54) is 50.5 Å². The lowest BCUT2D eigenvalue weighted by Crippen LogP contribution is -1.87. The summed E-state index contributed by atoms with van der Waals surface area (Å²) >= 11 is 0. The van der Waals surface area contributed by atoms with E-state index in [1.807, 2.05) is 6.08 Å². The summed E-state index contributed by atoms with van der Waals surface area (Å²) in [5.74, 6) is 0.0937. The molecule has 0 radical (unpaired) electrons. The van der Waals surface area contributed by atoms with Gasteiger partial charge in [-0.2, -0.15) is 0 Å². The Bertz CT molecular complexity index is 387. The van der Waals surface area contributed by atoms with Gasteiger partial charge in [-0.1, -0.05) is 69.4 Å². The van der Waals surface area contributed by atoms with E-state index in [1.54, 1.807) is 13.0 Å². The van der Waals surface area contributed by atoms with Crippen molar-refractivity contribution in [1.29, 1.82) is 0 Å². The molecule has 0 N–H and O–H groups in total. The lowest BCUT2D eigenvalue weighted by molar-refractivity contribution is -0.112. The van der Waals surface area contributed by atoms with Crippen LogP contribution in [0.5, 0.6) is 0 Å². The monoisotopic (exact) mass is 258 g/mol. The summed E-state index contributed by atoms with van der Waals surface area (Å²) in [4.78, 5) is 10.8. The number of rotatable bonds is 9. The van der Waals surface area contributed by atoms with Gasteiger partial charge in [0.25, 0.3) is 0 Å². The number of carbonyl (C=O) groups is 1. The first-order valence-corrected chi connectivity index (χ1v) is 7.50. The van der Waals surface area contributed by atoms with Gasteiger partial charge in [0.2, 0.25) is 0 Å². The van der Waals surface area contributed by atoms with Crippen LogP contribution in [0.15, 0.2) is 30.3 Å². The molecule has 0 atom stereocenters. The third-order valence-corrected chi connectivity index (χ3v) is 3.31. The van der Waals surface area contributed by atoms with E-state index in [0.29, 0.717) is 0 Å². The van der Waals surface area contributed by atoms with Crippen LogP contribution in [0.25, 0.3) is 6.08 Å². The fourth-order valence-electron chi connectivity index (χ4n) is 2.12. The molecule has 0 heterocycles. The molecule has 0 aliphatic rings. The minimum atomic E-state index is 0.0937. The Balaban J connectivity index is 2.26. The highest BCUT2D eigenvalue weighted by Crippen LogP contribution is 2.11. The Morgan fingerprint density at radius 2 is 1.63 bits per heavy atom. The number of hydrogen-bond donors (Lipinski definition) is 0. The van der Waals surface area contributed by atoms with Gasteiger partial charge < -0.3 is 0 Å². The third-order valence-electron chi connectivity index (χ3n) is 3.31. The highest BCUT2D eigenvalue weighted by molar-refractivity contribution is 5.91. The number of unbranched alkanes of at least 4 members (excludes halogenated alkanes) is 5. The molecule has 0 bridgehead atoms. The van der Waals surface area contributed by atoms with Crippen molar-refractivity contribution in [2.45, 2.75) is 58.8 Å². The van der Waals surface area contributed by atoms with Crippen LogP contribution in [0.2, 0.25) is 0 Å². The number of benzene rings is 1. The molecule has 0 unspecified atom stereocenters. The van der Waals surface area contributed by atoms with Crippen molar-refractivity contribution in [1.82, 2.24) is 0 Å². The Labute approximate surface area is 117 Å². The summed E-state index contributed by atoms with van der Waals surface area (Å²) in [6.07, 6.45) is 12.7. The molecule has 0 saturated heterocycles. The molecule has 0 aliphatic heterocycles. The molecule has 0 aromatic heterocycles. The molecule has 19 heavy (non-hydrogen) atoms. The van der Waals surface area contributed by atoms with Crippen molar-refractivity contribution in [3.63, 3.8) is 0 Å². The van der Waals surface area contributed by atoms with E-state index in [0.717, 1.165) is 5.56 Å². The summed E-state index contributed by atoms with van der Waals surface area (Å²) in [5.41, 5.74) is 2.50. The number of aryl methyl sites for hydroxylation is 1. The molecule has 104 valence electrons. The zero-order valence-electron chi connectivity index (χ0n) is 12.3. The standard InChI is InChI=1S/C18H26O/c1-3-4-5-6-7-8-9-17-12-14-18(15-13-17)11-10-16(2)19/h10-15H,3-9H2,1-2H3/b11-10+. The van der Waals surface area contributed by atoms with Crippen LogP contribution < -0.4 is 0 Å². The SMILES string of the molecule is CCCCCCCCc1ccc(/C=C/C(C)=O)cc1. The molecule has 1 aromatic rings. The predicted molar refractivity (Wildman–Crippen MR) is 83.2 cm³/mol. The second kappa shape index (κ2) is 9.55. The van der Waals surface area contributed by atoms with Crippen LogP contribution in [0.1, 0.15) is 63.5 Å². The Morgan fingerprint density at radius 3 is 2.26 bits per heavy atom. The maximum atomic E-state index is 10.8. The quantitative estimate of drug-likeness (QED) is 0.440. The maximum absolute atomic E-state index is 10.8. The van der Waals surface area contributed by atoms with Crippen molar-refractivity contribution in [3.8, 4) is 0 Å². The summed E-state index contributed by atoms with van der Waals surface area (Å²) < 4.78 is 0. The van der Waals surface area contributed by atoms with E-state index >= 15 is 0 Å². The van der Waals surface area contributed by atoms with Crippen molar-refractivity contribution in [3.05, 3.63) is 41.5 Å². The fourth-order valence-corrected chi connectivity index (χ4v) is 2.12. The highest BCUT2D eigenvalue weighted by Gasteiger charge is 1.95. The maximum Gasteiger partial charge on any atom is 0.152 e. The zero-order chi connectivity index (χ0) is 13.9. The van der Waals surface area contributed by atoms with Gasteiger partial charge in [-0.25, -0.2) is 0 Å². The van der Waals surface area contributed by atoms with Crippen molar-refractivity contribution in [2.75, 3.05) is 0 Å². The van der Waals surface area contributed by atoms with E-state index < -0.39 is 0 Å². The van der Waals surface area contributed by atoms with Gasteiger partial charge in [0.05, 0.1) is 0 Å². The van der Waals surface area contributed by atoms with Gasteiger partial charge in [0.15, 0.2) is 5.78 Å². The van der Waals surface area contributed by atoms with Gasteiger partial charge in [0, 0.05) is 0 Å². The first kappa shape index (κ1) is 15.7.